The number of aliphatic hydroxyl groups is 1. The number of nitrogens with zero attached hydrogens (tertiary/aromatic N) is 6. The normalized spacial score (nSPS) is 21.5. The molecule has 4 atom stereocenters. The van der Waals surface area contributed by atoms with E-state index in [0.717, 1.165) is 0 Å². The third-order valence-corrected chi connectivity index (χ3v) is 7.33. The van der Waals surface area contributed by atoms with Gasteiger partial charge in [0, 0.05) is 36.5 Å². The molecular formula is C29H44N6O6. The van der Waals surface area contributed by atoms with Crippen LogP contribution in [0.4, 0.5) is 0 Å². The Hall–Kier alpha value is -3.12. The summed E-state index contributed by atoms with van der Waals surface area (Å²) in [7, 11) is 0. The van der Waals surface area contributed by atoms with Crippen molar-refractivity contribution in [2.45, 2.75) is 112 Å². The van der Waals surface area contributed by atoms with Crippen LogP contribution in [0, 0.1) is 23.7 Å². The number of rotatable bonds is 12. The second-order valence-electron chi connectivity index (χ2n) is 12.4. The van der Waals surface area contributed by atoms with E-state index in [1.54, 1.807) is 55.4 Å². The summed E-state index contributed by atoms with van der Waals surface area (Å²) in [6.45, 7) is 17.6. The highest BCUT2D eigenvalue weighted by molar-refractivity contribution is 6.08. The van der Waals surface area contributed by atoms with Crippen LogP contribution in [0.3, 0.4) is 0 Å². The van der Waals surface area contributed by atoms with Crippen LogP contribution in [0.25, 0.3) is 0 Å². The van der Waals surface area contributed by atoms with Crippen molar-refractivity contribution in [1.29, 1.82) is 0 Å². The summed E-state index contributed by atoms with van der Waals surface area (Å²) in [5.74, 6) is -2.83. The van der Waals surface area contributed by atoms with E-state index < -0.39 is 48.0 Å². The quantitative estimate of drug-likeness (QED) is 0.369. The van der Waals surface area contributed by atoms with Gasteiger partial charge in [-0.2, -0.15) is 0 Å². The number of hydrogen-bond acceptors (Lipinski definition) is 10. The minimum absolute atomic E-state index is 0.00714. The largest absolute Gasteiger partial charge is 0.391 e. The fourth-order valence-corrected chi connectivity index (χ4v) is 5.06. The molecule has 1 fully saturated rings. The summed E-state index contributed by atoms with van der Waals surface area (Å²) >= 11 is 0. The van der Waals surface area contributed by atoms with E-state index in [0.29, 0.717) is 0 Å². The standard InChI is InChI=1S/C29H44N6O6/c1-13(2)26(37)22-24(28(39)15(5)6)34(32-30-22)18-12-21(41-17(9)10)19(11-20(18)36)35-25(29(40)16(7)8)23(31-33-35)27(38)14(3)4/h13-21,36H,11-12H2,1-10H3. The SMILES string of the molecule is CC(C)OC1CC(n2nnc(C(=O)C(C)C)c2C(=O)C(C)C)C(O)CC1n1nnc(C(=O)C(C)C)c1C(=O)C(C)C. The van der Waals surface area contributed by atoms with Crippen LogP contribution in [-0.2, 0) is 4.74 Å². The van der Waals surface area contributed by atoms with Crippen molar-refractivity contribution in [1.82, 2.24) is 30.0 Å². The first-order chi connectivity index (χ1) is 19.1. The van der Waals surface area contributed by atoms with Gasteiger partial charge in [0.2, 0.25) is 0 Å². The summed E-state index contributed by atoms with van der Waals surface area (Å²) in [6.07, 6.45) is -1.63. The van der Waals surface area contributed by atoms with Gasteiger partial charge in [-0.15, -0.1) is 10.2 Å². The van der Waals surface area contributed by atoms with Gasteiger partial charge in [0.15, 0.2) is 34.5 Å². The second kappa shape index (κ2) is 12.8. The monoisotopic (exact) mass is 572 g/mol. The molecule has 12 nitrogen and oxygen atoms in total. The zero-order chi connectivity index (χ0) is 30.9. The Balaban J connectivity index is 2.13. The minimum Gasteiger partial charge on any atom is -0.391 e. The first-order valence-corrected chi connectivity index (χ1v) is 14.5. The molecule has 0 radical (unpaired) electrons. The highest BCUT2D eigenvalue weighted by Crippen LogP contribution is 2.39. The van der Waals surface area contributed by atoms with Crippen molar-refractivity contribution in [2.24, 2.45) is 23.7 Å². The molecule has 2 aromatic rings. The molecule has 0 bridgehead atoms. The third kappa shape index (κ3) is 6.53. The molecule has 1 saturated carbocycles. The number of ketones is 4. The van der Waals surface area contributed by atoms with E-state index in [1.165, 1.54) is 9.36 Å². The van der Waals surface area contributed by atoms with Gasteiger partial charge in [-0.1, -0.05) is 65.8 Å². The molecule has 0 amide bonds. The first kappa shape index (κ1) is 32.4. The molecule has 2 heterocycles. The van der Waals surface area contributed by atoms with Crippen LogP contribution in [0.2, 0.25) is 0 Å². The molecule has 1 aliphatic carbocycles. The molecule has 2 aromatic heterocycles. The van der Waals surface area contributed by atoms with Gasteiger partial charge in [-0.05, 0) is 13.8 Å². The Kier molecular flexibility index (Phi) is 10.1. The lowest BCUT2D eigenvalue weighted by atomic mass is 9.85. The van der Waals surface area contributed by atoms with Crippen LogP contribution in [0.1, 0.15) is 136 Å². The van der Waals surface area contributed by atoms with Crippen LogP contribution < -0.4 is 0 Å². The molecular weight excluding hydrogens is 528 g/mol. The fraction of sp³-hybridized carbons (Fsp3) is 0.724. The zero-order valence-electron chi connectivity index (χ0n) is 25.8. The zero-order valence-corrected chi connectivity index (χ0v) is 25.8. The summed E-state index contributed by atoms with van der Waals surface area (Å²) in [5.41, 5.74) is 0.183. The summed E-state index contributed by atoms with van der Waals surface area (Å²) in [6, 6.07) is -1.37. The fourth-order valence-electron chi connectivity index (χ4n) is 5.06. The maximum absolute atomic E-state index is 13.4. The Bertz CT molecular complexity index is 1290. The molecule has 0 spiro atoms. The van der Waals surface area contributed by atoms with Gasteiger partial charge in [0.1, 0.15) is 11.4 Å². The highest BCUT2D eigenvalue weighted by atomic mass is 16.5. The van der Waals surface area contributed by atoms with Crippen LogP contribution in [0.5, 0.6) is 0 Å². The molecule has 0 saturated heterocycles. The minimum atomic E-state index is -1.06. The second-order valence-corrected chi connectivity index (χ2v) is 12.4. The number of carbonyl (C=O) groups is 4. The van der Waals surface area contributed by atoms with E-state index in [-0.39, 0.29) is 64.9 Å². The molecule has 226 valence electrons. The predicted molar refractivity (Wildman–Crippen MR) is 150 cm³/mol. The molecule has 3 rings (SSSR count). The molecule has 0 aliphatic heterocycles. The van der Waals surface area contributed by atoms with Crippen molar-refractivity contribution in [2.75, 3.05) is 0 Å². The van der Waals surface area contributed by atoms with Crippen LogP contribution >= 0.6 is 0 Å². The lowest BCUT2D eigenvalue weighted by Gasteiger charge is -2.40. The van der Waals surface area contributed by atoms with E-state index in [9.17, 15) is 24.3 Å². The van der Waals surface area contributed by atoms with Crippen molar-refractivity contribution < 1.29 is 29.0 Å². The molecule has 12 heteroatoms. The third-order valence-electron chi connectivity index (χ3n) is 7.33. The van der Waals surface area contributed by atoms with E-state index in [4.69, 9.17) is 4.74 Å². The van der Waals surface area contributed by atoms with E-state index in [2.05, 4.69) is 20.6 Å². The van der Waals surface area contributed by atoms with Gasteiger partial charge in [-0.25, -0.2) is 9.36 Å². The number of ether oxygens (including phenoxy) is 1. The lowest BCUT2D eigenvalue weighted by molar-refractivity contribution is -0.0875. The topological polar surface area (TPSA) is 159 Å². The maximum atomic E-state index is 13.4. The molecule has 0 aromatic carbocycles. The Morgan fingerprint density at radius 1 is 0.659 bits per heavy atom. The molecule has 1 aliphatic rings. The summed E-state index contributed by atoms with van der Waals surface area (Å²) < 4.78 is 9.10. The molecule has 41 heavy (non-hydrogen) atoms. The van der Waals surface area contributed by atoms with Crippen LogP contribution in [0.15, 0.2) is 0 Å². The van der Waals surface area contributed by atoms with E-state index >= 15 is 0 Å². The smallest absolute Gasteiger partial charge is 0.188 e. The predicted octanol–water partition coefficient (Wildman–Crippen LogP) is 3.96. The Morgan fingerprint density at radius 3 is 1.41 bits per heavy atom. The Morgan fingerprint density at radius 2 is 1.05 bits per heavy atom. The van der Waals surface area contributed by atoms with Gasteiger partial charge in [0.05, 0.1) is 30.4 Å². The van der Waals surface area contributed by atoms with Crippen molar-refractivity contribution in [3.05, 3.63) is 22.8 Å². The van der Waals surface area contributed by atoms with Crippen molar-refractivity contribution >= 4 is 23.1 Å². The highest BCUT2D eigenvalue weighted by Gasteiger charge is 2.45. The average Bonchev–Trinajstić information content (AvgIpc) is 3.51. The number of aliphatic hydroxyl groups excluding tert-OH is 1. The number of carbonyl (C=O) groups excluding carboxylic acids is 4. The number of aromatic nitrogens is 6. The van der Waals surface area contributed by atoms with Crippen molar-refractivity contribution in [3.8, 4) is 0 Å². The van der Waals surface area contributed by atoms with Gasteiger partial charge in [-0.3, -0.25) is 19.2 Å². The van der Waals surface area contributed by atoms with E-state index in [1.807, 2.05) is 13.8 Å². The Labute approximate surface area is 241 Å². The first-order valence-electron chi connectivity index (χ1n) is 14.5. The number of Topliss-reactive ketones (excluding diaryl/α,β-unsaturated/α-hetero) is 4. The van der Waals surface area contributed by atoms with Gasteiger partial charge < -0.3 is 9.84 Å². The lowest BCUT2D eigenvalue weighted by Crippen LogP contribution is -2.45. The summed E-state index contributed by atoms with van der Waals surface area (Å²) in [5, 5.41) is 28.2. The van der Waals surface area contributed by atoms with Gasteiger partial charge >= 0.3 is 0 Å². The molecule has 4 unspecified atom stereocenters. The average molecular weight is 573 g/mol. The maximum Gasteiger partial charge on any atom is 0.188 e. The van der Waals surface area contributed by atoms with Crippen molar-refractivity contribution in [3.63, 3.8) is 0 Å². The summed E-state index contributed by atoms with van der Waals surface area (Å²) in [4.78, 5) is 52.6. The number of hydrogen-bond donors (Lipinski definition) is 1. The van der Waals surface area contributed by atoms with Gasteiger partial charge in [0.25, 0.3) is 0 Å². The van der Waals surface area contributed by atoms with Crippen LogP contribution in [-0.4, -0.2) is 76.5 Å². The molecule has 1 N–H and O–H groups in total.